The fourth-order valence-electron chi connectivity index (χ4n) is 1.78. The molecule has 1 heterocycles. The number of thiazole rings is 1. The molecule has 0 bridgehead atoms. The van der Waals surface area contributed by atoms with Crippen LogP contribution < -0.4 is 11.1 Å². The molecule has 1 atom stereocenters. The van der Waals surface area contributed by atoms with E-state index < -0.39 is 6.04 Å². The van der Waals surface area contributed by atoms with Crippen LogP contribution in [0.5, 0.6) is 0 Å². The van der Waals surface area contributed by atoms with Gasteiger partial charge in [0, 0.05) is 17.6 Å². The molecule has 1 aromatic carbocycles. The lowest BCUT2D eigenvalue weighted by molar-refractivity contribution is -0.117. The number of nitrogens with two attached hydrogens (primary N) is 1. The Kier molecular flexibility index (Phi) is 6.27. The highest BCUT2D eigenvalue weighted by atomic mass is 32.1. The zero-order chi connectivity index (χ0) is 15.8. The second-order valence-electron chi connectivity index (χ2n) is 4.65. The van der Waals surface area contributed by atoms with Crippen molar-refractivity contribution < 1.29 is 9.53 Å². The first-order valence-corrected chi connectivity index (χ1v) is 7.84. The Hall–Kier alpha value is -2.02. The second-order valence-corrected chi connectivity index (χ2v) is 5.51. The van der Waals surface area contributed by atoms with Gasteiger partial charge in [0.1, 0.15) is 0 Å². The summed E-state index contributed by atoms with van der Waals surface area (Å²) in [4.78, 5) is 16.4. The smallest absolute Gasteiger partial charge is 0.243 e. The van der Waals surface area contributed by atoms with Gasteiger partial charge < -0.3 is 15.8 Å². The number of aromatic nitrogens is 1. The van der Waals surface area contributed by atoms with Gasteiger partial charge in [0.05, 0.1) is 18.3 Å². The minimum atomic E-state index is -0.617. The average molecular weight is 317 g/mol. The summed E-state index contributed by atoms with van der Waals surface area (Å²) >= 11 is 1.38. The summed E-state index contributed by atoms with van der Waals surface area (Å²) in [6, 6.07) is 9.19. The van der Waals surface area contributed by atoms with Crippen LogP contribution in [0.15, 0.2) is 48.4 Å². The highest BCUT2D eigenvalue weighted by Gasteiger charge is 2.15. The monoisotopic (exact) mass is 317 g/mol. The molecule has 5 nitrogen and oxygen atoms in total. The summed E-state index contributed by atoms with van der Waals surface area (Å²) in [5.41, 5.74) is 7.68. The summed E-state index contributed by atoms with van der Waals surface area (Å²) < 4.78 is 5.22. The van der Waals surface area contributed by atoms with E-state index >= 15 is 0 Å². The van der Waals surface area contributed by atoms with Gasteiger partial charge in [0.15, 0.2) is 5.13 Å². The number of carbonyl (C=O) groups excluding carboxylic acids is 1. The molecule has 22 heavy (non-hydrogen) atoms. The predicted octanol–water partition coefficient (Wildman–Crippen LogP) is 2.67. The maximum Gasteiger partial charge on any atom is 0.243 e. The van der Waals surface area contributed by atoms with Crippen molar-refractivity contribution in [3.63, 3.8) is 0 Å². The number of benzene rings is 1. The van der Waals surface area contributed by atoms with Crippen molar-refractivity contribution in [2.45, 2.75) is 12.5 Å². The Bertz CT molecular complexity index is 613. The zero-order valence-corrected chi connectivity index (χ0v) is 13.0. The fraction of sp³-hybridized carbons (Fsp3) is 0.250. The fourth-order valence-corrected chi connectivity index (χ4v) is 2.50. The molecule has 0 aliphatic rings. The van der Waals surface area contributed by atoms with E-state index in [-0.39, 0.29) is 5.91 Å². The number of nitrogens with one attached hydrogen (secondary N) is 1. The van der Waals surface area contributed by atoms with E-state index in [0.29, 0.717) is 24.8 Å². The molecule has 1 amide bonds. The first-order chi connectivity index (χ1) is 10.7. The quantitative estimate of drug-likeness (QED) is 0.579. The van der Waals surface area contributed by atoms with Crippen molar-refractivity contribution in [1.29, 1.82) is 0 Å². The van der Waals surface area contributed by atoms with Crippen LogP contribution in [-0.2, 0) is 9.53 Å². The standard InChI is InChI=1S/C16H19N3O2S/c1-2-9-21-10-8-13(17)15(20)19-16-18-14(11-22-16)12-6-4-3-5-7-12/h2-7,11,13H,1,8-10,17H2,(H,18,19,20). The van der Waals surface area contributed by atoms with Gasteiger partial charge in [-0.1, -0.05) is 36.4 Å². The topological polar surface area (TPSA) is 77.2 Å². The van der Waals surface area contributed by atoms with Crippen LogP contribution in [0.1, 0.15) is 6.42 Å². The Balaban J connectivity index is 1.87. The van der Waals surface area contributed by atoms with Crippen LogP contribution in [0.4, 0.5) is 5.13 Å². The number of rotatable bonds is 8. The van der Waals surface area contributed by atoms with E-state index in [1.165, 1.54) is 11.3 Å². The zero-order valence-electron chi connectivity index (χ0n) is 12.2. The van der Waals surface area contributed by atoms with Crippen LogP contribution in [0.25, 0.3) is 11.3 Å². The molecular formula is C16H19N3O2S. The maximum atomic E-state index is 12.0. The summed E-state index contributed by atoms with van der Waals surface area (Å²) in [7, 11) is 0. The van der Waals surface area contributed by atoms with Gasteiger partial charge in [-0.05, 0) is 6.42 Å². The van der Waals surface area contributed by atoms with Crippen LogP contribution in [0, 0.1) is 0 Å². The van der Waals surface area contributed by atoms with Gasteiger partial charge in [0.2, 0.25) is 5.91 Å². The number of nitrogens with zero attached hydrogens (tertiary/aromatic N) is 1. The van der Waals surface area contributed by atoms with Crippen LogP contribution >= 0.6 is 11.3 Å². The number of carbonyl (C=O) groups is 1. The van der Waals surface area contributed by atoms with E-state index in [1.807, 2.05) is 35.7 Å². The Morgan fingerprint density at radius 3 is 2.95 bits per heavy atom. The van der Waals surface area contributed by atoms with E-state index in [1.54, 1.807) is 6.08 Å². The molecule has 3 N–H and O–H groups in total. The SMILES string of the molecule is C=CCOCCC(N)C(=O)Nc1nc(-c2ccccc2)cs1. The normalized spacial score (nSPS) is 11.9. The van der Waals surface area contributed by atoms with Gasteiger partial charge in [-0.3, -0.25) is 4.79 Å². The van der Waals surface area contributed by atoms with E-state index in [4.69, 9.17) is 10.5 Å². The molecule has 2 aromatic rings. The van der Waals surface area contributed by atoms with E-state index in [9.17, 15) is 4.79 Å². The van der Waals surface area contributed by atoms with Crippen molar-refractivity contribution in [3.05, 3.63) is 48.4 Å². The third-order valence-corrected chi connectivity index (χ3v) is 3.71. The van der Waals surface area contributed by atoms with E-state index in [2.05, 4.69) is 16.9 Å². The lowest BCUT2D eigenvalue weighted by Crippen LogP contribution is -2.36. The number of anilines is 1. The van der Waals surface area contributed by atoms with Crippen molar-refractivity contribution >= 4 is 22.4 Å². The third kappa shape index (κ3) is 4.77. The minimum absolute atomic E-state index is 0.254. The lowest BCUT2D eigenvalue weighted by Gasteiger charge is -2.10. The molecule has 6 heteroatoms. The number of ether oxygens (including phenoxy) is 1. The Labute approximate surface area is 133 Å². The molecule has 0 aliphatic heterocycles. The van der Waals surface area contributed by atoms with Gasteiger partial charge in [-0.2, -0.15) is 0 Å². The minimum Gasteiger partial charge on any atom is -0.377 e. The van der Waals surface area contributed by atoms with Gasteiger partial charge in [-0.15, -0.1) is 17.9 Å². The van der Waals surface area contributed by atoms with Crippen molar-refractivity contribution in [2.75, 3.05) is 18.5 Å². The lowest BCUT2D eigenvalue weighted by atomic mass is 10.2. The first kappa shape index (κ1) is 16.4. The number of hydrogen-bond acceptors (Lipinski definition) is 5. The number of hydrogen-bond donors (Lipinski definition) is 2. The molecule has 2 rings (SSSR count). The maximum absolute atomic E-state index is 12.0. The van der Waals surface area contributed by atoms with Crippen LogP contribution in [-0.4, -0.2) is 30.1 Å². The molecule has 0 radical (unpaired) electrons. The molecule has 0 spiro atoms. The van der Waals surface area contributed by atoms with Gasteiger partial charge in [-0.25, -0.2) is 4.98 Å². The molecule has 0 saturated carbocycles. The second kappa shape index (κ2) is 8.43. The largest absolute Gasteiger partial charge is 0.377 e. The van der Waals surface area contributed by atoms with Gasteiger partial charge >= 0.3 is 0 Å². The third-order valence-electron chi connectivity index (χ3n) is 2.95. The summed E-state index contributed by atoms with van der Waals surface area (Å²) in [6.07, 6.45) is 2.11. The van der Waals surface area contributed by atoms with E-state index in [0.717, 1.165) is 11.3 Å². The predicted molar refractivity (Wildman–Crippen MR) is 89.8 cm³/mol. The molecular weight excluding hydrogens is 298 g/mol. The first-order valence-electron chi connectivity index (χ1n) is 6.96. The average Bonchev–Trinajstić information content (AvgIpc) is 3.00. The summed E-state index contributed by atoms with van der Waals surface area (Å²) in [6.45, 7) is 4.44. The molecule has 116 valence electrons. The number of amides is 1. The molecule has 0 fully saturated rings. The molecule has 1 aromatic heterocycles. The van der Waals surface area contributed by atoms with Crippen LogP contribution in [0.3, 0.4) is 0 Å². The molecule has 1 unspecified atom stereocenters. The Morgan fingerprint density at radius 2 is 2.23 bits per heavy atom. The van der Waals surface area contributed by atoms with Crippen LogP contribution in [0.2, 0.25) is 0 Å². The summed E-state index contributed by atoms with van der Waals surface area (Å²) in [5, 5.41) is 5.19. The van der Waals surface area contributed by atoms with Gasteiger partial charge in [0.25, 0.3) is 0 Å². The van der Waals surface area contributed by atoms with Crippen molar-refractivity contribution in [3.8, 4) is 11.3 Å². The summed E-state index contributed by atoms with van der Waals surface area (Å²) in [5.74, 6) is -0.254. The van der Waals surface area contributed by atoms with Crippen molar-refractivity contribution in [1.82, 2.24) is 4.98 Å². The molecule has 0 saturated heterocycles. The highest BCUT2D eigenvalue weighted by Crippen LogP contribution is 2.24. The Morgan fingerprint density at radius 1 is 1.45 bits per heavy atom. The molecule has 0 aliphatic carbocycles. The van der Waals surface area contributed by atoms with Crippen molar-refractivity contribution in [2.24, 2.45) is 5.73 Å². The highest BCUT2D eigenvalue weighted by molar-refractivity contribution is 7.14.